The Kier molecular flexibility index (Phi) is 2.66. The molecule has 4 nitrogen and oxygen atoms in total. The molecule has 0 N–H and O–H groups in total. The second kappa shape index (κ2) is 4.09. The maximum Gasteiger partial charge on any atom is 0.150 e. The lowest BCUT2D eigenvalue weighted by molar-refractivity contribution is 0.550. The summed E-state index contributed by atoms with van der Waals surface area (Å²) in [7, 11) is -2.87. The highest BCUT2D eigenvalue weighted by atomic mass is 32.2. The van der Waals surface area contributed by atoms with Gasteiger partial charge >= 0.3 is 0 Å². The quantitative estimate of drug-likeness (QED) is 0.791. The van der Waals surface area contributed by atoms with Gasteiger partial charge < -0.3 is 4.40 Å². The third-order valence-corrected chi connectivity index (χ3v) is 5.34. The molecule has 0 spiro atoms. The van der Waals surface area contributed by atoms with Crippen molar-refractivity contribution >= 4 is 15.5 Å². The molecule has 1 aliphatic heterocycles. The highest BCUT2D eigenvalue weighted by Crippen LogP contribution is 2.27. The monoisotopic (exact) mass is 264 g/mol. The molecular weight excluding hydrogens is 248 g/mol. The lowest BCUT2D eigenvalue weighted by Gasteiger charge is -2.19. The molecule has 1 saturated heterocycles. The zero-order chi connectivity index (χ0) is 12.8. The summed E-state index contributed by atoms with van der Waals surface area (Å²) >= 11 is 0. The van der Waals surface area contributed by atoms with Gasteiger partial charge in [0.2, 0.25) is 0 Å². The minimum Gasteiger partial charge on any atom is -0.307 e. The van der Waals surface area contributed by atoms with Crippen molar-refractivity contribution in [2.45, 2.75) is 25.7 Å². The smallest absolute Gasteiger partial charge is 0.150 e. The van der Waals surface area contributed by atoms with Crippen LogP contribution in [0, 0.1) is 6.92 Å². The maximum absolute atomic E-state index is 11.7. The molecule has 3 rings (SSSR count). The van der Waals surface area contributed by atoms with Crippen LogP contribution < -0.4 is 0 Å². The van der Waals surface area contributed by atoms with E-state index in [0.29, 0.717) is 5.75 Å². The van der Waals surface area contributed by atoms with Gasteiger partial charge in [-0.1, -0.05) is 0 Å². The number of hydrogen-bond donors (Lipinski definition) is 0. The molecule has 2 aromatic heterocycles. The number of sulfone groups is 1. The molecule has 1 atom stereocenters. The summed E-state index contributed by atoms with van der Waals surface area (Å²) in [4.78, 5) is 4.56. The Labute approximate surface area is 107 Å². The standard InChI is InChI=1S/C13H16N2O2S/c1-10-4-5-15-8-12(14-13(15)7-10)11-3-2-6-18(16,17)9-11/h4-5,7-8,11H,2-3,6,9H2,1H3. The normalized spacial score (nSPS) is 23.3. The molecule has 96 valence electrons. The predicted octanol–water partition coefficient (Wildman–Crippen LogP) is 1.93. The number of pyridine rings is 1. The number of hydrogen-bond acceptors (Lipinski definition) is 3. The van der Waals surface area contributed by atoms with E-state index in [1.165, 1.54) is 0 Å². The zero-order valence-corrected chi connectivity index (χ0v) is 11.2. The summed E-state index contributed by atoms with van der Waals surface area (Å²) < 4.78 is 25.3. The summed E-state index contributed by atoms with van der Waals surface area (Å²) in [5, 5.41) is 0. The van der Waals surface area contributed by atoms with Crippen molar-refractivity contribution < 1.29 is 8.42 Å². The Hall–Kier alpha value is -1.36. The van der Waals surface area contributed by atoms with Crippen molar-refractivity contribution in [3.63, 3.8) is 0 Å². The van der Waals surface area contributed by atoms with E-state index in [1.54, 1.807) is 0 Å². The first-order valence-corrected chi connectivity index (χ1v) is 8.01. The summed E-state index contributed by atoms with van der Waals surface area (Å²) in [5.74, 6) is 0.634. The van der Waals surface area contributed by atoms with Crippen LogP contribution >= 0.6 is 0 Å². The molecule has 3 heterocycles. The number of aryl methyl sites for hydroxylation is 1. The molecule has 5 heteroatoms. The van der Waals surface area contributed by atoms with Crippen LogP contribution in [0.5, 0.6) is 0 Å². The fourth-order valence-electron chi connectivity index (χ4n) is 2.56. The molecule has 2 aromatic rings. The third kappa shape index (κ3) is 2.14. The van der Waals surface area contributed by atoms with E-state index < -0.39 is 9.84 Å². The van der Waals surface area contributed by atoms with E-state index in [1.807, 2.05) is 35.9 Å². The van der Waals surface area contributed by atoms with Crippen molar-refractivity contribution in [1.29, 1.82) is 0 Å². The fraction of sp³-hybridized carbons (Fsp3) is 0.462. The van der Waals surface area contributed by atoms with Crippen LogP contribution in [-0.4, -0.2) is 29.3 Å². The van der Waals surface area contributed by atoms with Gasteiger partial charge in [-0.05, 0) is 37.5 Å². The molecule has 1 aliphatic rings. The summed E-state index contributed by atoms with van der Waals surface area (Å²) in [6.45, 7) is 2.03. The van der Waals surface area contributed by atoms with Gasteiger partial charge in [-0.3, -0.25) is 0 Å². The first kappa shape index (κ1) is 11.7. The van der Waals surface area contributed by atoms with Crippen LogP contribution in [0.2, 0.25) is 0 Å². The lowest BCUT2D eigenvalue weighted by atomic mass is 10.0. The van der Waals surface area contributed by atoms with Crippen molar-refractivity contribution in [2.24, 2.45) is 0 Å². The van der Waals surface area contributed by atoms with Gasteiger partial charge in [-0.25, -0.2) is 13.4 Å². The predicted molar refractivity (Wildman–Crippen MR) is 70.6 cm³/mol. The van der Waals surface area contributed by atoms with E-state index in [2.05, 4.69) is 4.98 Å². The molecule has 1 unspecified atom stereocenters. The summed E-state index contributed by atoms with van der Waals surface area (Å²) in [6, 6.07) is 4.04. The first-order valence-electron chi connectivity index (χ1n) is 6.19. The number of nitrogens with zero attached hydrogens (tertiary/aromatic N) is 2. The van der Waals surface area contributed by atoms with Gasteiger partial charge in [0, 0.05) is 18.3 Å². The molecule has 1 fully saturated rings. The Balaban J connectivity index is 1.99. The Morgan fingerprint density at radius 1 is 1.44 bits per heavy atom. The number of imidazole rings is 1. The topological polar surface area (TPSA) is 51.4 Å². The highest BCUT2D eigenvalue weighted by Gasteiger charge is 2.27. The maximum atomic E-state index is 11.7. The lowest BCUT2D eigenvalue weighted by Crippen LogP contribution is -2.23. The SMILES string of the molecule is Cc1ccn2cc(C3CCCS(=O)(=O)C3)nc2c1. The summed E-state index contributed by atoms with van der Waals surface area (Å²) in [5.41, 5.74) is 2.97. The third-order valence-electron chi connectivity index (χ3n) is 3.52. The number of rotatable bonds is 1. The average Bonchev–Trinajstić information content (AvgIpc) is 2.70. The highest BCUT2D eigenvalue weighted by molar-refractivity contribution is 7.91. The average molecular weight is 264 g/mol. The van der Waals surface area contributed by atoms with Crippen molar-refractivity contribution in [2.75, 3.05) is 11.5 Å². The molecule has 0 amide bonds. The minimum atomic E-state index is -2.87. The molecule has 0 aliphatic carbocycles. The van der Waals surface area contributed by atoms with Gasteiger partial charge in [0.15, 0.2) is 9.84 Å². The van der Waals surface area contributed by atoms with Gasteiger partial charge in [-0.2, -0.15) is 0 Å². The largest absolute Gasteiger partial charge is 0.307 e. The zero-order valence-electron chi connectivity index (χ0n) is 10.3. The molecule has 18 heavy (non-hydrogen) atoms. The van der Waals surface area contributed by atoms with Crippen LogP contribution in [0.4, 0.5) is 0 Å². The first-order chi connectivity index (χ1) is 8.53. The minimum absolute atomic E-state index is 0.0592. The van der Waals surface area contributed by atoms with Gasteiger partial charge in [0.25, 0.3) is 0 Å². The van der Waals surface area contributed by atoms with Gasteiger partial charge in [0.05, 0.1) is 17.2 Å². The molecule has 0 bridgehead atoms. The fourth-order valence-corrected chi connectivity index (χ4v) is 4.28. The Morgan fingerprint density at radius 2 is 2.28 bits per heavy atom. The molecule has 0 saturated carbocycles. The van der Waals surface area contributed by atoms with E-state index in [9.17, 15) is 8.42 Å². The molecule has 0 radical (unpaired) electrons. The number of aromatic nitrogens is 2. The van der Waals surface area contributed by atoms with E-state index in [4.69, 9.17) is 0 Å². The Bertz CT molecular complexity index is 688. The Morgan fingerprint density at radius 3 is 3.06 bits per heavy atom. The van der Waals surface area contributed by atoms with Crippen molar-refractivity contribution in [3.8, 4) is 0 Å². The van der Waals surface area contributed by atoms with Crippen LogP contribution in [0.1, 0.15) is 30.0 Å². The molecular formula is C13H16N2O2S. The van der Waals surface area contributed by atoms with Crippen LogP contribution in [0.15, 0.2) is 24.5 Å². The van der Waals surface area contributed by atoms with Crippen LogP contribution in [0.3, 0.4) is 0 Å². The van der Waals surface area contributed by atoms with Crippen molar-refractivity contribution in [1.82, 2.24) is 9.38 Å². The van der Waals surface area contributed by atoms with E-state index >= 15 is 0 Å². The second-order valence-electron chi connectivity index (χ2n) is 5.09. The van der Waals surface area contributed by atoms with E-state index in [0.717, 1.165) is 29.7 Å². The van der Waals surface area contributed by atoms with E-state index in [-0.39, 0.29) is 11.7 Å². The second-order valence-corrected chi connectivity index (χ2v) is 7.32. The van der Waals surface area contributed by atoms with Crippen molar-refractivity contribution in [3.05, 3.63) is 35.8 Å². The summed E-state index contributed by atoms with van der Waals surface area (Å²) in [6.07, 6.45) is 5.60. The van der Waals surface area contributed by atoms with Gasteiger partial charge in [-0.15, -0.1) is 0 Å². The van der Waals surface area contributed by atoms with Crippen LogP contribution in [0.25, 0.3) is 5.65 Å². The molecule has 0 aromatic carbocycles. The van der Waals surface area contributed by atoms with Crippen LogP contribution in [-0.2, 0) is 9.84 Å². The van der Waals surface area contributed by atoms with Gasteiger partial charge in [0.1, 0.15) is 5.65 Å². The number of fused-ring (bicyclic) bond motifs is 1.